The van der Waals surface area contributed by atoms with E-state index in [1.807, 2.05) is 32.0 Å². The Bertz CT molecular complexity index is 946. The summed E-state index contributed by atoms with van der Waals surface area (Å²) in [5.74, 6) is 1.74. The molecule has 0 bridgehead atoms. The van der Waals surface area contributed by atoms with E-state index >= 15 is 0 Å². The zero-order valence-corrected chi connectivity index (χ0v) is 16.7. The first kappa shape index (κ1) is 20.5. The van der Waals surface area contributed by atoms with Gasteiger partial charge in [-0.1, -0.05) is 13.8 Å². The number of nitrogens with zero attached hydrogens (tertiary/aromatic N) is 2. The predicted octanol–water partition coefficient (Wildman–Crippen LogP) is 4.01. The van der Waals surface area contributed by atoms with E-state index in [4.69, 9.17) is 19.0 Å². The number of aliphatic hydroxyl groups is 1. The Balaban J connectivity index is 2.00. The molecule has 0 amide bonds. The molecule has 1 N–H and O–H groups in total. The third-order valence-electron chi connectivity index (χ3n) is 4.15. The van der Waals surface area contributed by atoms with Crippen LogP contribution in [0.5, 0.6) is 11.6 Å². The van der Waals surface area contributed by atoms with Crippen LogP contribution in [-0.4, -0.2) is 41.2 Å². The van der Waals surface area contributed by atoms with Crippen molar-refractivity contribution in [2.75, 3.05) is 20.3 Å². The van der Waals surface area contributed by atoms with Gasteiger partial charge in [-0.3, -0.25) is 4.79 Å². The standard InChI is InChI=1S/C22H24N2O5/c1-14(2)12-18(26)22-24-20(16-6-9-19(27-3)23-13-16)21(29-22)15-4-7-17(8-5-15)28-11-10-25/h4-9,13-14,25H,10-12H2,1-3H3. The van der Waals surface area contributed by atoms with Gasteiger partial charge in [0.1, 0.15) is 18.1 Å². The highest BCUT2D eigenvalue weighted by molar-refractivity contribution is 5.93. The zero-order chi connectivity index (χ0) is 20.8. The molecule has 7 heteroatoms. The number of ketones is 1. The van der Waals surface area contributed by atoms with Gasteiger partial charge in [-0.15, -0.1) is 0 Å². The molecule has 0 saturated heterocycles. The Morgan fingerprint density at radius 3 is 2.45 bits per heavy atom. The topological polar surface area (TPSA) is 94.7 Å². The normalized spacial score (nSPS) is 10.9. The van der Waals surface area contributed by atoms with Crippen molar-refractivity contribution in [2.24, 2.45) is 5.92 Å². The van der Waals surface area contributed by atoms with Crippen molar-refractivity contribution >= 4 is 5.78 Å². The lowest BCUT2D eigenvalue weighted by Crippen LogP contribution is -2.03. The number of carbonyl (C=O) groups is 1. The predicted molar refractivity (Wildman–Crippen MR) is 108 cm³/mol. The lowest BCUT2D eigenvalue weighted by molar-refractivity contribution is 0.0934. The summed E-state index contributed by atoms with van der Waals surface area (Å²) in [5.41, 5.74) is 2.01. The van der Waals surface area contributed by atoms with Gasteiger partial charge in [0.2, 0.25) is 11.7 Å². The van der Waals surface area contributed by atoms with Gasteiger partial charge in [-0.2, -0.15) is 0 Å². The second-order valence-electron chi connectivity index (χ2n) is 6.90. The number of aromatic nitrogens is 2. The van der Waals surface area contributed by atoms with Gasteiger partial charge in [0, 0.05) is 29.8 Å². The van der Waals surface area contributed by atoms with Gasteiger partial charge in [-0.25, -0.2) is 9.97 Å². The summed E-state index contributed by atoms with van der Waals surface area (Å²) >= 11 is 0. The van der Waals surface area contributed by atoms with Crippen LogP contribution >= 0.6 is 0 Å². The molecular weight excluding hydrogens is 372 g/mol. The van der Waals surface area contributed by atoms with Crippen LogP contribution in [0.1, 0.15) is 31.0 Å². The molecule has 0 radical (unpaired) electrons. The van der Waals surface area contributed by atoms with Gasteiger partial charge < -0.3 is 19.0 Å². The van der Waals surface area contributed by atoms with Crippen LogP contribution in [0.15, 0.2) is 47.0 Å². The van der Waals surface area contributed by atoms with Crippen LogP contribution in [0.2, 0.25) is 0 Å². The summed E-state index contributed by atoms with van der Waals surface area (Å²) in [6, 6.07) is 10.8. The molecule has 29 heavy (non-hydrogen) atoms. The Kier molecular flexibility index (Phi) is 6.61. The second-order valence-corrected chi connectivity index (χ2v) is 6.90. The maximum absolute atomic E-state index is 12.5. The van der Waals surface area contributed by atoms with Crippen LogP contribution in [-0.2, 0) is 0 Å². The van der Waals surface area contributed by atoms with E-state index in [0.29, 0.717) is 35.1 Å². The highest BCUT2D eigenvalue weighted by atomic mass is 16.5. The molecule has 0 aliphatic rings. The van der Waals surface area contributed by atoms with Crippen LogP contribution < -0.4 is 9.47 Å². The van der Waals surface area contributed by atoms with Crippen molar-refractivity contribution in [3.05, 3.63) is 48.5 Å². The maximum Gasteiger partial charge on any atom is 0.264 e. The number of hydrogen-bond acceptors (Lipinski definition) is 7. The lowest BCUT2D eigenvalue weighted by Gasteiger charge is -2.06. The molecule has 2 heterocycles. The molecule has 0 fully saturated rings. The summed E-state index contributed by atoms with van der Waals surface area (Å²) in [6.45, 7) is 4.11. The molecule has 0 atom stereocenters. The molecule has 3 rings (SSSR count). The number of Topliss-reactive ketones (excluding diaryl/α,β-unsaturated/α-hetero) is 1. The average Bonchev–Trinajstić information content (AvgIpc) is 3.18. The van der Waals surface area contributed by atoms with E-state index in [-0.39, 0.29) is 30.8 Å². The van der Waals surface area contributed by atoms with E-state index in [9.17, 15) is 4.79 Å². The van der Waals surface area contributed by atoms with Crippen molar-refractivity contribution < 1.29 is 23.8 Å². The number of carbonyl (C=O) groups excluding carboxylic acids is 1. The Morgan fingerprint density at radius 2 is 1.86 bits per heavy atom. The van der Waals surface area contributed by atoms with E-state index < -0.39 is 0 Å². The van der Waals surface area contributed by atoms with E-state index in [1.54, 1.807) is 31.5 Å². The fourth-order valence-electron chi connectivity index (χ4n) is 2.80. The molecule has 152 valence electrons. The van der Waals surface area contributed by atoms with Crippen LogP contribution in [0, 0.1) is 5.92 Å². The van der Waals surface area contributed by atoms with Gasteiger partial charge in [0.25, 0.3) is 5.89 Å². The summed E-state index contributed by atoms with van der Waals surface area (Å²) in [7, 11) is 1.55. The molecule has 3 aromatic rings. The molecule has 0 aliphatic carbocycles. The van der Waals surface area contributed by atoms with Crippen molar-refractivity contribution in [3.63, 3.8) is 0 Å². The number of pyridine rings is 1. The molecule has 0 spiro atoms. The van der Waals surface area contributed by atoms with Gasteiger partial charge >= 0.3 is 0 Å². The van der Waals surface area contributed by atoms with Crippen molar-refractivity contribution in [2.45, 2.75) is 20.3 Å². The van der Waals surface area contributed by atoms with Crippen molar-refractivity contribution in [1.82, 2.24) is 9.97 Å². The monoisotopic (exact) mass is 396 g/mol. The third kappa shape index (κ3) is 5.00. The van der Waals surface area contributed by atoms with E-state index in [2.05, 4.69) is 9.97 Å². The summed E-state index contributed by atoms with van der Waals surface area (Å²) in [5, 5.41) is 8.88. The average molecular weight is 396 g/mol. The molecule has 0 unspecified atom stereocenters. The number of hydrogen-bond donors (Lipinski definition) is 1. The number of rotatable bonds is 9. The van der Waals surface area contributed by atoms with Crippen molar-refractivity contribution in [1.29, 1.82) is 0 Å². The van der Waals surface area contributed by atoms with Crippen LogP contribution in [0.4, 0.5) is 0 Å². The fraction of sp³-hybridized carbons (Fsp3) is 0.318. The number of benzene rings is 1. The third-order valence-corrected chi connectivity index (χ3v) is 4.15. The molecule has 2 aromatic heterocycles. The number of oxazole rings is 1. The molecule has 1 aromatic carbocycles. The highest BCUT2D eigenvalue weighted by Gasteiger charge is 2.22. The Hall–Kier alpha value is -3.19. The quantitative estimate of drug-likeness (QED) is 0.546. The van der Waals surface area contributed by atoms with Crippen LogP contribution in [0.3, 0.4) is 0 Å². The van der Waals surface area contributed by atoms with Gasteiger partial charge in [-0.05, 0) is 36.2 Å². The fourth-order valence-corrected chi connectivity index (χ4v) is 2.80. The summed E-state index contributed by atoms with van der Waals surface area (Å²) in [4.78, 5) is 21.2. The van der Waals surface area contributed by atoms with Gasteiger partial charge in [0.05, 0.1) is 13.7 Å². The maximum atomic E-state index is 12.5. The smallest absolute Gasteiger partial charge is 0.264 e. The molecular formula is C22H24N2O5. The molecule has 0 aliphatic heterocycles. The SMILES string of the molecule is COc1ccc(-c2nc(C(=O)CC(C)C)oc2-c2ccc(OCCO)cc2)cn1. The van der Waals surface area contributed by atoms with E-state index in [1.165, 1.54) is 0 Å². The number of ether oxygens (including phenoxy) is 2. The highest BCUT2D eigenvalue weighted by Crippen LogP contribution is 2.34. The number of methoxy groups -OCH3 is 1. The van der Waals surface area contributed by atoms with Crippen LogP contribution in [0.25, 0.3) is 22.6 Å². The summed E-state index contributed by atoms with van der Waals surface area (Å²) in [6.07, 6.45) is 1.99. The minimum absolute atomic E-state index is 0.0558. The first-order valence-corrected chi connectivity index (χ1v) is 9.40. The number of aliphatic hydroxyl groups excluding tert-OH is 1. The summed E-state index contributed by atoms with van der Waals surface area (Å²) < 4.78 is 16.4. The zero-order valence-electron chi connectivity index (χ0n) is 16.7. The Morgan fingerprint density at radius 1 is 1.14 bits per heavy atom. The first-order valence-electron chi connectivity index (χ1n) is 9.40. The minimum Gasteiger partial charge on any atom is -0.491 e. The van der Waals surface area contributed by atoms with Crippen molar-refractivity contribution in [3.8, 4) is 34.2 Å². The molecule has 7 nitrogen and oxygen atoms in total. The minimum atomic E-state index is -0.142. The van der Waals surface area contributed by atoms with Gasteiger partial charge in [0.15, 0.2) is 5.76 Å². The lowest BCUT2D eigenvalue weighted by atomic mass is 10.1. The largest absolute Gasteiger partial charge is 0.491 e. The Labute approximate surface area is 169 Å². The molecule has 0 saturated carbocycles. The first-order chi connectivity index (χ1) is 14.0. The second kappa shape index (κ2) is 9.34. The van der Waals surface area contributed by atoms with E-state index in [0.717, 1.165) is 5.56 Å².